The lowest BCUT2D eigenvalue weighted by Gasteiger charge is -2.23. The summed E-state index contributed by atoms with van der Waals surface area (Å²) in [6.07, 6.45) is 0. The lowest BCUT2D eigenvalue weighted by atomic mass is 9.88. The molecule has 0 spiro atoms. The molecular formula is C17H17Cl2NO. The third kappa shape index (κ3) is 2.89. The summed E-state index contributed by atoms with van der Waals surface area (Å²) in [6, 6.07) is 12.1. The molecule has 1 aliphatic heterocycles. The van der Waals surface area contributed by atoms with Crippen LogP contribution in [0.1, 0.15) is 22.6 Å². The summed E-state index contributed by atoms with van der Waals surface area (Å²) in [7, 11) is 4.14. The zero-order chi connectivity index (χ0) is 15.0. The SMILES string of the molecule is CN(C)CC1c2ccccc2COc2c(Cl)cc(Cl)cc21. The molecule has 2 aromatic carbocycles. The van der Waals surface area contributed by atoms with Crippen molar-refractivity contribution in [3.63, 3.8) is 0 Å². The minimum absolute atomic E-state index is 0.199. The second kappa shape index (κ2) is 5.88. The van der Waals surface area contributed by atoms with E-state index in [9.17, 15) is 0 Å². The van der Waals surface area contributed by atoms with Crippen LogP contribution >= 0.6 is 23.2 Å². The molecule has 1 aliphatic rings. The Kier molecular flexibility index (Phi) is 4.12. The van der Waals surface area contributed by atoms with Crippen molar-refractivity contribution in [1.29, 1.82) is 0 Å². The molecule has 1 atom stereocenters. The van der Waals surface area contributed by atoms with Crippen molar-refractivity contribution in [2.45, 2.75) is 12.5 Å². The predicted molar refractivity (Wildman–Crippen MR) is 87.6 cm³/mol. The van der Waals surface area contributed by atoms with Gasteiger partial charge in [-0.25, -0.2) is 0 Å². The van der Waals surface area contributed by atoms with Crippen molar-refractivity contribution < 1.29 is 4.74 Å². The summed E-state index contributed by atoms with van der Waals surface area (Å²) < 4.78 is 5.96. The monoisotopic (exact) mass is 321 g/mol. The molecule has 0 N–H and O–H groups in total. The van der Waals surface area contributed by atoms with Gasteiger partial charge >= 0.3 is 0 Å². The Balaban J connectivity index is 2.20. The smallest absolute Gasteiger partial charge is 0.142 e. The van der Waals surface area contributed by atoms with E-state index in [1.807, 2.05) is 12.1 Å². The molecule has 110 valence electrons. The lowest BCUT2D eigenvalue weighted by molar-refractivity contribution is 0.306. The van der Waals surface area contributed by atoms with Gasteiger partial charge in [0.2, 0.25) is 0 Å². The fraction of sp³-hybridized carbons (Fsp3) is 0.294. The first kappa shape index (κ1) is 14.7. The summed E-state index contributed by atoms with van der Waals surface area (Å²) in [5, 5.41) is 1.22. The number of ether oxygens (including phenoxy) is 1. The maximum atomic E-state index is 6.34. The quantitative estimate of drug-likeness (QED) is 0.802. The number of likely N-dealkylation sites (N-methyl/N-ethyl adjacent to an activating group) is 1. The first-order valence-corrected chi connectivity index (χ1v) is 7.66. The van der Waals surface area contributed by atoms with Crippen molar-refractivity contribution in [1.82, 2.24) is 4.90 Å². The molecule has 0 aromatic heterocycles. The van der Waals surface area contributed by atoms with Gasteiger partial charge in [0, 0.05) is 23.0 Å². The van der Waals surface area contributed by atoms with Crippen LogP contribution in [0.5, 0.6) is 5.75 Å². The van der Waals surface area contributed by atoms with Gasteiger partial charge < -0.3 is 9.64 Å². The molecule has 0 radical (unpaired) electrons. The molecule has 0 amide bonds. The van der Waals surface area contributed by atoms with Crippen LogP contribution in [0.15, 0.2) is 36.4 Å². The second-order valence-corrected chi connectivity index (χ2v) is 6.45. The number of nitrogens with zero attached hydrogens (tertiary/aromatic N) is 1. The number of rotatable bonds is 2. The zero-order valence-corrected chi connectivity index (χ0v) is 13.6. The third-order valence-corrected chi connectivity index (χ3v) is 4.26. The van der Waals surface area contributed by atoms with Gasteiger partial charge in [-0.05, 0) is 37.4 Å². The molecule has 1 unspecified atom stereocenters. The summed E-state index contributed by atoms with van der Waals surface area (Å²) in [5.41, 5.74) is 3.54. The predicted octanol–water partition coefficient (Wildman–Crippen LogP) is 4.58. The minimum atomic E-state index is 0.199. The van der Waals surface area contributed by atoms with E-state index in [0.29, 0.717) is 16.7 Å². The molecule has 21 heavy (non-hydrogen) atoms. The van der Waals surface area contributed by atoms with Gasteiger partial charge in [-0.2, -0.15) is 0 Å². The molecule has 0 saturated heterocycles. The van der Waals surface area contributed by atoms with Gasteiger partial charge in [-0.1, -0.05) is 47.5 Å². The van der Waals surface area contributed by atoms with Gasteiger partial charge in [0.1, 0.15) is 12.4 Å². The molecule has 0 saturated carbocycles. The van der Waals surface area contributed by atoms with E-state index >= 15 is 0 Å². The number of halogens is 2. The van der Waals surface area contributed by atoms with Crippen LogP contribution in [-0.4, -0.2) is 25.5 Å². The second-order valence-electron chi connectivity index (χ2n) is 5.61. The van der Waals surface area contributed by atoms with Crippen LogP contribution in [0.25, 0.3) is 0 Å². The summed E-state index contributed by atoms with van der Waals surface area (Å²) in [4.78, 5) is 2.17. The average molecular weight is 322 g/mol. The Morgan fingerprint density at radius 1 is 1.14 bits per heavy atom. The van der Waals surface area contributed by atoms with E-state index in [1.165, 1.54) is 11.1 Å². The largest absolute Gasteiger partial charge is 0.487 e. The van der Waals surface area contributed by atoms with E-state index in [0.717, 1.165) is 17.9 Å². The molecule has 4 heteroatoms. The molecule has 0 aliphatic carbocycles. The topological polar surface area (TPSA) is 12.5 Å². The average Bonchev–Trinajstić information content (AvgIpc) is 2.57. The van der Waals surface area contributed by atoms with E-state index in [-0.39, 0.29) is 5.92 Å². The van der Waals surface area contributed by atoms with E-state index in [1.54, 1.807) is 6.07 Å². The highest BCUT2D eigenvalue weighted by molar-refractivity contribution is 6.35. The van der Waals surface area contributed by atoms with Gasteiger partial charge in [0.15, 0.2) is 0 Å². The Hall–Kier alpha value is -1.22. The molecule has 2 aromatic rings. The Morgan fingerprint density at radius 3 is 2.67 bits per heavy atom. The standard InChI is InChI=1S/C17H17Cl2NO/c1-20(2)9-15-13-6-4-3-5-11(13)10-21-17-14(15)7-12(18)8-16(17)19/h3-8,15H,9-10H2,1-2H3. The molecule has 3 rings (SSSR count). The van der Waals surface area contributed by atoms with Gasteiger partial charge in [0.05, 0.1) is 5.02 Å². The fourth-order valence-corrected chi connectivity index (χ4v) is 3.44. The number of benzene rings is 2. The van der Waals surface area contributed by atoms with Crippen LogP contribution in [-0.2, 0) is 6.61 Å². The maximum absolute atomic E-state index is 6.34. The molecular weight excluding hydrogens is 305 g/mol. The number of hydrogen-bond donors (Lipinski definition) is 0. The van der Waals surface area contributed by atoms with Crippen LogP contribution in [0.3, 0.4) is 0 Å². The summed E-state index contributed by atoms with van der Waals surface area (Å²) in [6.45, 7) is 1.42. The Bertz CT molecular complexity index is 670. The highest BCUT2D eigenvalue weighted by atomic mass is 35.5. The third-order valence-electron chi connectivity index (χ3n) is 3.76. The van der Waals surface area contributed by atoms with E-state index in [2.05, 4.69) is 37.2 Å². The van der Waals surface area contributed by atoms with Gasteiger partial charge in [0.25, 0.3) is 0 Å². The highest BCUT2D eigenvalue weighted by Gasteiger charge is 2.27. The highest BCUT2D eigenvalue weighted by Crippen LogP contribution is 2.43. The summed E-state index contributed by atoms with van der Waals surface area (Å²) >= 11 is 12.6. The Morgan fingerprint density at radius 2 is 1.90 bits per heavy atom. The van der Waals surface area contributed by atoms with Crippen molar-refractivity contribution in [3.05, 3.63) is 63.1 Å². The van der Waals surface area contributed by atoms with Crippen molar-refractivity contribution in [2.24, 2.45) is 0 Å². The Labute approximate surface area is 135 Å². The summed E-state index contributed by atoms with van der Waals surface area (Å²) in [5.74, 6) is 0.953. The molecule has 1 heterocycles. The van der Waals surface area contributed by atoms with Crippen molar-refractivity contribution in [2.75, 3.05) is 20.6 Å². The van der Waals surface area contributed by atoms with E-state index < -0.39 is 0 Å². The molecule has 0 bridgehead atoms. The van der Waals surface area contributed by atoms with Crippen LogP contribution in [0, 0.1) is 0 Å². The molecule has 0 fully saturated rings. The van der Waals surface area contributed by atoms with Crippen molar-refractivity contribution in [3.8, 4) is 5.75 Å². The first-order valence-electron chi connectivity index (χ1n) is 6.90. The van der Waals surface area contributed by atoms with Crippen LogP contribution < -0.4 is 4.74 Å². The van der Waals surface area contributed by atoms with Crippen LogP contribution in [0.2, 0.25) is 10.0 Å². The fourth-order valence-electron chi connectivity index (χ4n) is 2.88. The zero-order valence-electron chi connectivity index (χ0n) is 12.1. The minimum Gasteiger partial charge on any atom is -0.487 e. The van der Waals surface area contributed by atoms with Gasteiger partial charge in [-0.15, -0.1) is 0 Å². The van der Waals surface area contributed by atoms with Crippen LogP contribution in [0.4, 0.5) is 0 Å². The van der Waals surface area contributed by atoms with Crippen molar-refractivity contribution >= 4 is 23.2 Å². The van der Waals surface area contributed by atoms with E-state index in [4.69, 9.17) is 27.9 Å². The normalized spacial score (nSPS) is 16.9. The molecule has 2 nitrogen and oxygen atoms in total. The van der Waals surface area contributed by atoms with Gasteiger partial charge in [-0.3, -0.25) is 0 Å². The number of fused-ring (bicyclic) bond motifs is 2. The lowest BCUT2D eigenvalue weighted by Crippen LogP contribution is -2.21. The first-order chi connectivity index (χ1) is 10.1. The number of hydrogen-bond acceptors (Lipinski definition) is 2. The maximum Gasteiger partial charge on any atom is 0.142 e.